The normalized spacial score (nSPS) is 14.4. The van der Waals surface area contributed by atoms with Crippen molar-refractivity contribution in [1.82, 2.24) is 4.31 Å². The molecule has 0 aromatic rings. The molecule has 5 heteroatoms. The molecular formula is C18H43N2O2S+. The Hall–Kier alpha value is -0.130. The number of quaternary nitrogens is 1. The Balaban J connectivity index is 0. The highest BCUT2D eigenvalue weighted by Crippen LogP contribution is 2.25. The van der Waals surface area contributed by atoms with Gasteiger partial charge in [-0.3, -0.25) is 0 Å². The summed E-state index contributed by atoms with van der Waals surface area (Å²) in [5.41, 5.74) is 0.0312. The van der Waals surface area contributed by atoms with E-state index in [-0.39, 0.29) is 10.7 Å². The van der Waals surface area contributed by atoms with E-state index in [2.05, 4.69) is 41.5 Å². The van der Waals surface area contributed by atoms with Crippen molar-refractivity contribution in [2.24, 2.45) is 5.41 Å². The van der Waals surface area contributed by atoms with Crippen LogP contribution >= 0.6 is 0 Å². The molecule has 0 aliphatic carbocycles. The molecular weight excluding hydrogens is 308 g/mol. The molecule has 0 bridgehead atoms. The van der Waals surface area contributed by atoms with Crippen LogP contribution in [0.15, 0.2) is 0 Å². The maximum absolute atomic E-state index is 12.6. The van der Waals surface area contributed by atoms with Crippen LogP contribution in [-0.4, -0.2) is 62.2 Å². The zero-order chi connectivity index (χ0) is 18.9. The van der Waals surface area contributed by atoms with Gasteiger partial charge in [0, 0.05) is 7.05 Å². The van der Waals surface area contributed by atoms with E-state index in [4.69, 9.17) is 0 Å². The van der Waals surface area contributed by atoms with Gasteiger partial charge in [0.2, 0.25) is 10.0 Å². The number of nitrogens with zero attached hydrogens (tertiary/aromatic N) is 2. The van der Waals surface area contributed by atoms with Crippen LogP contribution in [0.4, 0.5) is 0 Å². The van der Waals surface area contributed by atoms with Gasteiger partial charge in [0.1, 0.15) is 0 Å². The third-order valence-corrected chi connectivity index (χ3v) is 6.98. The number of hydrogen-bond acceptors (Lipinski definition) is 2. The number of sulfonamides is 1. The monoisotopic (exact) mass is 351 g/mol. The lowest BCUT2D eigenvalue weighted by Crippen LogP contribution is -2.52. The van der Waals surface area contributed by atoms with Gasteiger partial charge in [-0.2, -0.15) is 4.31 Å². The first-order valence-corrected chi connectivity index (χ1v) is 10.7. The SMILES string of the molecule is CC.CC[N+](CC)(CC)CCN(C)S(=O)(=O)C(C)CC(C)(C)C. The highest BCUT2D eigenvalue weighted by atomic mass is 32.2. The largest absolute Gasteiger partial charge is 0.323 e. The van der Waals surface area contributed by atoms with Gasteiger partial charge in [0.25, 0.3) is 0 Å². The van der Waals surface area contributed by atoms with E-state index >= 15 is 0 Å². The molecule has 0 rings (SSSR count). The Morgan fingerprint density at radius 3 is 1.70 bits per heavy atom. The van der Waals surface area contributed by atoms with Crippen LogP contribution in [0.5, 0.6) is 0 Å². The topological polar surface area (TPSA) is 37.4 Å². The zero-order valence-corrected chi connectivity index (χ0v) is 18.3. The van der Waals surface area contributed by atoms with Crippen molar-refractivity contribution < 1.29 is 12.9 Å². The highest BCUT2D eigenvalue weighted by molar-refractivity contribution is 7.89. The van der Waals surface area contributed by atoms with E-state index < -0.39 is 10.0 Å². The first-order valence-electron chi connectivity index (χ1n) is 9.24. The Bertz CT molecular complexity index is 387. The molecule has 142 valence electrons. The third-order valence-electron chi connectivity index (χ3n) is 4.74. The Labute approximate surface area is 146 Å². The second-order valence-electron chi connectivity index (χ2n) is 7.46. The zero-order valence-electron chi connectivity index (χ0n) is 17.4. The van der Waals surface area contributed by atoms with Crippen LogP contribution in [0.2, 0.25) is 0 Å². The van der Waals surface area contributed by atoms with Gasteiger partial charge in [0.15, 0.2) is 0 Å². The van der Waals surface area contributed by atoms with E-state index in [1.807, 2.05) is 20.8 Å². The van der Waals surface area contributed by atoms with Crippen molar-refractivity contribution in [1.29, 1.82) is 0 Å². The lowest BCUT2D eigenvalue weighted by Gasteiger charge is -2.37. The van der Waals surface area contributed by atoms with Gasteiger partial charge in [0.05, 0.1) is 38.0 Å². The standard InChI is InChI=1S/C16H37N2O2S.C2H6/c1-9-18(10-2,11-3)13-12-17(8)21(19,20)15(4)14-16(5,6)7;1-2/h15H,9-14H2,1-8H3;1-2H3/q+1;. The minimum Gasteiger partial charge on any atom is -0.323 e. The van der Waals surface area contributed by atoms with E-state index in [9.17, 15) is 8.42 Å². The predicted molar refractivity (Wildman–Crippen MR) is 103 cm³/mol. The van der Waals surface area contributed by atoms with Gasteiger partial charge in [-0.05, 0) is 39.5 Å². The Morgan fingerprint density at radius 2 is 1.39 bits per heavy atom. The Morgan fingerprint density at radius 1 is 1.00 bits per heavy atom. The average Bonchev–Trinajstić information content (AvgIpc) is 2.49. The van der Waals surface area contributed by atoms with E-state index in [0.29, 0.717) is 13.0 Å². The van der Waals surface area contributed by atoms with E-state index in [0.717, 1.165) is 30.7 Å². The van der Waals surface area contributed by atoms with Crippen LogP contribution < -0.4 is 0 Å². The average molecular weight is 352 g/mol. The van der Waals surface area contributed by atoms with Crippen molar-refractivity contribution >= 4 is 10.0 Å². The molecule has 0 radical (unpaired) electrons. The smallest absolute Gasteiger partial charge is 0.216 e. The minimum absolute atomic E-state index is 0.0312. The van der Waals surface area contributed by atoms with Crippen LogP contribution in [0.3, 0.4) is 0 Å². The lowest BCUT2D eigenvalue weighted by molar-refractivity contribution is -0.922. The summed E-state index contributed by atoms with van der Waals surface area (Å²) >= 11 is 0. The molecule has 0 amide bonds. The number of hydrogen-bond donors (Lipinski definition) is 0. The van der Waals surface area contributed by atoms with E-state index in [1.54, 1.807) is 11.4 Å². The van der Waals surface area contributed by atoms with Crippen molar-refractivity contribution in [2.75, 3.05) is 39.8 Å². The molecule has 0 saturated carbocycles. The van der Waals surface area contributed by atoms with Crippen LogP contribution in [0.25, 0.3) is 0 Å². The summed E-state index contributed by atoms with van der Waals surface area (Å²) in [5.74, 6) is 0. The van der Waals surface area contributed by atoms with Gasteiger partial charge < -0.3 is 4.48 Å². The maximum atomic E-state index is 12.6. The molecule has 0 heterocycles. The van der Waals surface area contributed by atoms with Crippen LogP contribution in [0, 0.1) is 5.41 Å². The summed E-state index contributed by atoms with van der Waals surface area (Å²) < 4.78 is 27.8. The molecule has 0 saturated heterocycles. The fourth-order valence-electron chi connectivity index (χ4n) is 2.90. The molecule has 0 aromatic heterocycles. The maximum Gasteiger partial charge on any atom is 0.216 e. The molecule has 0 aliphatic rings. The fourth-order valence-corrected chi connectivity index (χ4v) is 4.56. The highest BCUT2D eigenvalue weighted by Gasteiger charge is 2.31. The summed E-state index contributed by atoms with van der Waals surface area (Å²) in [4.78, 5) is 0. The van der Waals surface area contributed by atoms with Gasteiger partial charge in [-0.1, -0.05) is 34.6 Å². The summed E-state index contributed by atoms with van der Waals surface area (Å²) in [6, 6.07) is 0. The fraction of sp³-hybridized carbons (Fsp3) is 1.00. The molecule has 23 heavy (non-hydrogen) atoms. The summed E-state index contributed by atoms with van der Waals surface area (Å²) in [7, 11) is -1.47. The quantitative estimate of drug-likeness (QED) is 0.589. The van der Waals surface area contributed by atoms with Crippen molar-refractivity contribution in [3.63, 3.8) is 0 Å². The predicted octanol–water partition coefficient (Wildman–Crippen LogP) is 3.98. The van der Waals surface area contributed by atoms with Crippen molar-refractivity contribution in [3.05, 3.63) is 0 Å². The van der Waals surface area contributed by atoms with Gasteiger partial charge in [-0.25, -0.2) is 8.42 Å². The van der Waals surface area contributed by atoms with Gasteiger partial charge in [-0.15, -0.1) is 0 Å². The van der Waals surface area contributed by atoms with Crippen molar-refractivity contribution in [3.8, 4) is 0 Å². The molecule has 0 spiro atoms. The first-order chi connectivity index (χ1) is 10.4. The van der Waals surface area contributed by atoms with Crippen LogP contribution in [0.1, 0.15) is 68.7 Å². The third kappa shape index (κ3) is 8.50. The van der Waals surface area contributed by atoms with Crippen molar-refractivity contribution in [2.45, 2.75) is 74.0 Å². The minimum atomic E-state index is -3.20. The molecule has 0 fully saturated rings. The first kappa shape index (κ1) is 25.1. The molecule has 0 aromatic carbocycles. The summed E-state index contributed by atoms with van der Waals surface area (Å²) in [6.07, 6.45) is 0.689. The summed E-state index contributed by atoms with van der Waals surface area (Å²) in [5, 5.41) is -0.325. The number of likely N-dealkylation sites (N-methyl/N-ethyl adjacent to an activating group) is 2. The Kier molecular flexibility index (Phi) is 11.7. The number of rotatable bonds is 9. The van der Waals surface area contributed by atoms with E-state index in [1.165, 1.54) is 0 Å². The molecule has 0 N–H and O–H groups in total. The van der Waals surface area contributed by atoms with Crippen LogP contribution in [-0.2, 0) is 10.0 Å². The molecule has 1 atom stereocenters. The lowest BCUT2D eigenvalue weighted by atomic mass is 9.91. The molecule has 0 aliphatic heterocycles. The molecule has 4 nitrogen and oxygen atoms in total. The van der Waals surface area contributed by atoms with Gasteiger partial charge >= 0.3 is 0 Å². The molecule has 1 unspecified atom stereocenters. The second-order valence-corrected chi connectivity index (χ2v) is 9.91. The second kappa shape index (κ2) is 10.7. The summed E-state index contributed by atoms with van der Waals surface area (Å²) in [6.45, 7) is 23.3.